The number of ether oxygens (including phenoxy) is 3. The van der Waals surface area contributed by atoms with Gasteiger partial charge in [-0.1, -0.05) is 19.9 Å². The number of benzene rings is 1. The van der Waals surface area contributed by atoms with Crippen molar-refractivity contribution in [3.63, 3.8) is 0 Å². The number of morpholine rings is 1. The van der Waals surface area contributed by atoms with Crippen LogP contribution in [-0.2, 0) is 9.53 Å². The average Bonchev–Trinajstić information content (AvgIpc) is 2.58. The van der Waals surface area contributed by atoms with Crippen LogP contribution in [0, 0.1) is 5.92 Å². The van der Waals surface area contributed by atoms with Gasteiger partial charge in [0.05, 0.1) is 26.9 Å². The van der Waals surface area contributed by atoms with Gasteiger partial charge in [-0.3, -0.25) is 4.79 Å². The SMILES string of the molecule is COc1cc(C=CC(=O)N2CCOCC2)ccc1OCC(C)C. The van der Waals surface area contributed by atoms with Crippen molar-refractivity contribution in [3.05, 3.63) is 29.8 Å². The van der Waals surface area contributed by atoms with Gasteiger partial charge in [-0.05, 0) is 29.7 Å². The molecule has 1 fully saturated rings. The van der Waals surface area contributed by atoms with Crippen molar-refractivity contribution in [1.29, 1.82) is 0 Å². The quantitative estimate of drug-likeness (QED) is 0.756. The van der Waals surface area contributed by atoms with Gasteiger partial charge in [0.25, 0.3) is 0 Å². The molecule has 0 atom stereocenters. The highest BCUT2D eigenvalue weighted by Gasteiger charge is 2.14. The minimum absolute atomic E-state index is 0.00685. The predicted octanol–water partition coefficient (Wildman–Crippen LogP) is 2.60. The summed E-state index contributed by atoms with van der Waals surface area (Å²) in [7, 11) is 1.62. The average molecular weight is 319 g/mol. The number of hydrogen-bond donors (Lipinski definition) is 0. The second-order valence-corrected chi connectivity index (χ2v) is 5.89. The molecule has 0 aliphatic carbocycles. The first-order chi connectivity index (χ1) is 11.1. The zero-order valence-electron chi connectivity index (χ0n) is 14.1. The fraction of sp³-hybridized carbons (Fsp3) is 0.500. The van der Waals surface area contributed by atoms with Crippen molar-refractivity contribution in [1.82, 2.24) is 4.90 Å². The molecule has 1 aromatic carbocycles. The summed E-state index contributed by atoms with van der Waals surface area (Å²) in [6, 6.07) is 5.67. The van der Waals surface area contributed by atoms with E-state index in [0.717, 1.165) is 11.3 Å². The molecule has 1 aromatic rings. The topological polar surface area (TPSA) is 48.0 Å². The molecule has 0 N–H and O–H groups in total. The minimum Gasteiger partial charge on any atom is -0.493 e. The molecule has 0 aromatic heterocycles. The van der Waals surface area contributed by atoms with E-state index in [1.165, 1.54) is 0 Å². The highest BCUT2D eigenvalue weighted by Crippen LogP contribution is 2.29. The lowest BCUT2D eigenvalue weighted by Gasteiger charge is -2.25. The molecule has 126 valence electrons. The van der Waals surface area contributed by atoms with Crippen LogP contribution in [0.3, 0.4) is 0 Å². The van der Waals surface area contributed by atoms with Crippen molar-refractivity contribution in [2.75, 3.05) is 40.0 Å². The molecule has 0 spiro atoms. The molecule has 23 heavy (non-hydrogen) atoms. The molecule has 2 rings (SSSR count). The van der Waals surface area contributed by atoms with Gasteiger partial charge in [-0.2, -0.15) is 0 Å². The van der Waals surface area contributed by atoms with Gasteiger partial charge in [-0.25, -0.2) is 0 Å². The Morgan fingerprint density at radius 1 is 1.30 bits per heavy atom. The normalized spacial score (nSPS) is 15.2. The van der Waals surface area contributed by atoms with Crippen molar-refractivity contribution >= 4 is 12.0 Å². The Bertz CT molecular complexity index is 548. The van der Waals surface area contributed by atoms with Crippen LogP contribution >= 0.6 is 0 Å². The van der Waals surface area contributed by atoms with E-state index in [1.807, 2.05) is 18.2 Å². The smallest absolute Gasteiger partial charge is 0.246 e. The van der Waals surface area contributed by atoms with Gasteiger partial charge < -0.3 is 19.1 Å². The zero-order chi connectivity index (χ0) is 16.7. The highest BCUT2D eigenvalue weighted by molar-refractivity contribution is 5.91. The highest BCUT2D eigenvalue weighted by atomic mass is 16.5. The molecule has 0 radical (unpaired) electrons. The maximum absolute atomic E-state index is 12.1. The lowest BCUT2D eigenvalue weighted by molar-refractivity contribution is -0.129. The van der Waals surface area contributed by atoms with Crippen LogP contribution in [0.5, 0.6) is 11.5 Å². The van der Waals surface area contributed by atoms with Gasteiger partial charge in [-0.15, -0.1) is 0 Å². The number of carbonyl (C=O) groups excluding carboxylic acids is 1. The number of rotatable bonds is 6. The van der Waals surface area contributed by atoms with E-state index in [4.69, 9.17) is 14.2 Å². The summed E-state index contributed by atoms with van der Waals surface area (Å²) in [5, 5.41) is 0. The molecule has 1 aliphatic heterocycles. The summed E-state index contributed by atoms with van der Waals surface area (Å²) in [5.74, 6) is 1.85. The molecule has 5 nitrogen and oxygen atoms in total. The third kappa shape index (κ3) is 5.28. The van der Waals surface area contributed by atoms with Crippen molar-refractivity contribution in [2.24, 2.45) is 5.92 Å². The first-order valence-electron chi connectivity index (χ1n) is 7.95. The first kappa shape index (κ1) is 17.3. The third-order valence-corrected chi connectivity index (χ3v) is 3.50. The number of methoxy groups -OCH3 is 1. The van der Waals surface area contributed by atoms with Crippen LogP contribution in [0.15, 0.2) is 24.3 Å². The number of carbonyl (C=O) groups is 1. The summed E-state index contributed by atoms with van der Waals surface area (Å²) in [6.07, 6.45) is 3.39. The van der Waals surface area contributed by atoms with Gasteiger partial charge in [0, 0.05) is 19.2 Å². The van der Waals surface area contributed by atoms with Crippen LogP contribution in [-0.4, -0.2) is 50.8 Å². The van der Waals surface area contributed by atoms with E-state index >= 15 is 0 Å². The Labute approximate surface area is 137 Å². The van der Waals surface area contributed by atoms with Crippen molar-refractivity contribution in [3.8, 4) is 11.5 Å². The molecule has 1 saturated heterocycles. The van der Waals surface area contributed by atoms with Crippen molar-refractivity contribution in [2.45, 2.75) is 13.8 Å². The second-order valence-electron chi connectivity index (χ2n) is 5.89. The largest absolute Gasteiger partial charge is 0.493 e. The second kappa shape index (κ2) is 8.58. The zero-order valence-corrected chi connectivity index (χ0v) is 14.1. The van der Waals surface area contributed by atoms with Crippen LogP contribution < -0.4 is 9.47 Å². The third-order valence-electron chi connectivity index (χ3n) is 3.50. The maximum atomic E-state index is 12.1. The Hall–Kier alpha value is -2.01. The minimum atomic E-state index is 0.00685. The van der Waals surface area contributed by atoms with Crippen LogP contribution in [0.1, 0.15) is 19.4 Å². The van der Waals surface area contributed by atoms with Gasteiger partial charge in [0.15, 0.2) is 11.5 Å². The summed E-state index contributed by atoms with van der Waals surface area (Å²) in [5.41, 5.74) is 0.903. The molecule has 1 amide bonds. The van der Waals surface area contributed by atoms with Gasteiger partial charge >= 0.3 is 0 Å². The monoisotopic (exact) mass is 319 g/mol. The summed E-state index contributed by atoms with van der Waals surface area (Å²) in [6.45, 7) is 7.34. The van der Waals surface area contributed by atoms with E-state index in [2.05, 4.69) is 13.8 Å². The Morgan fingerprint density at radius 3 is 2.70 bits per heavy atom. The maximum Gasteiger partial charge on any atom is 0.246 e. The van der Waals surface area contributed by atoms with E-state index in [0.29, 0.717) is 44.6 Å². The number of amides is 1. The van der Waals surface area contributed by atoms with Gasteiger partial charge in [0.1, 0.15) is 0 Å². The lowest BCUT2D eigenvalue weighted by atomic mass is 10.1. The molecule has 0 unspecified atom stereocenters. The standard InChI is InChI=1S/C18H25NO4/c1-14(2)13-23-16-6-4-15(12-17(16)21-3)5-7-18(20)19-8-10-22-11-9-19/h4-7,12,14H,8-11,13H2,1-3H3. The first-order valence-corrected chi connectivity index (χ1v) is 7.95. The van der Waals surface area contributed by atoms with E-state index in [-0.39, 0.29) is 5.91 Å². The van der Waals surface area contributed by atoms with Crippen molar-refractivity contribution < 1.29 is 19.0 Å². The molecule has 0 saturated carbocycles. The fourth-order valence-electron chi connectivity index (χ4n) is 2.22. The van der Waals surface area contributed by atoms with Crippen LogP contribution in [0.4, 0.5) is 0 Å². The number of hydrogen-bond acceptors (Lipinski definition) is 4. The number of nitrogens with zero attached hydrogens (tertiary/aromatic N) is 1. The predicted molar refractivity (Wildman–Crippen MR) is 89.8 cm³/mol. The van der Waals surface area contributed by atoms with Gasteiger partial charge in [0.2, 0.25) is 5.91 Å². The van der Waals surface area contributed by atoms with E-state index in [1.54, 1.807) is 24.2 Å². The summed E-state index contributed by atoms with van der Waals surface area (Å²) >= 11 is 0. The molecule has 1 aliphatic rings. The molecule has 5 heteroatoms. The van der Waals surface area contributed by atoms with Crippen LogP contribution in [0.2, 0.25) is 0 Å². The molecule has 1 heterocycles. The Balaban J connectivity index is 2.01. The summed E-state index contributed by atoms with van der Waals surface area (Å²) < 4.78 is 16.3. The lowest BCUT2D eigenvalue weighted by Crippen LogP contribution is -2.39. The van der Waals surface area contributed by atoms with E-state index in [9.17, 15) is 4.79 Å². The molecular weight excluding hydrogens is 294 g/mol. The Kier molecular flexibility index (Phi) is 6.47. The van der Waals surface area contributed by atoms with Crippen LogP contribution in [0.25, 0.3) is 6.08 Å². The van der Waals surface area contributed by atoms with E-state index < -0.39 is 0 Å². The molecule has 0 bridgehead atoms. The Morgan fingerprint density at radius 2 is 2.04 bits per heavy atom. The molecular formula is C18H25NO4. The fourth-order valence-corrected chi connectivity index (χ4v) is 2.22. The summed E-state index contributed by atoms with van der Waals surface area (Å²) in [4.78, 5) is 13.9.